The van der Waals surface area contributed by atoms with Crippen LogP contribution in [0.25, 0.3) is 0 Å². The van der Waals surface area contributed by atoms with Crippen LogP contribution >= 0.6 is 35.3 Å². The second-order valence-corrected chi connectivity index (χ2v) is 8.27. The van der Waals surface area contributed by atoms with Gasteiger partial charge in [0.05, 0.1) is 6.04 Å². The van der Waals surface area contributed by atoms with Crippen LogP contribution in [0.15, 0.2) is 41.8 Å². The number of benzene rings is 1. The molecule has 1 aromatic heterocycles. The maximum Gasteiger partial charge on any atom is 0.221 e. The average Bonchev–Trinajstić information content (AvgIpc) is 3.15. The molecule has 6 heteroatoms. The van der Waals surface area contributed by atoms with E-state index in [9.17, 15) is 4.79 Å². The Labute approximate surface area is 170 Å². The molecule has 3 atom stereocenters. The summed E-state index contributed by atoms with van der Waals surface area (Å²) < 4.78 is 0. The summed E-state index contributed by atoms with van der Waals surface area (Å²) in [5.74, 6) is 1.10. The molecular weight excluding hydrogens is 387 g/mol. The van der Waals surface area contributed by atoms with Crippen LogP contribution in [0.2, 0.25) is 5.02 Å². The molecule has 3 nitrogen and oxygen atoms in total. The van der Waals surface area contributed by atoms with Crippen molar-refractivity contribution in [1.29, 1.82) is 0 Å². The van der Waals surface area contributed by atoms with Gasteiger partial charge in [-0.3, -0.25) is 4.79 Å². The van der Waals surface area contributed by atoms with E-state index in [0.717, 1.165) is 23.5 Å². The van der Waals surface area contributed by atoms with Crippen molar-refractivity contribution in [3.05, 3.63) is 57.2 Å². The summed E-state index contributed by atoms with van der Waals surface area (Å²) >= 11 is 7.67. The summed E-state index contributed by atoms with van der Waals surface area (Å²) in [5.41, 5.74) is 1.06. The minimum atomic E-state index is -0.110. The van der Waals surface area contributed by atoms with Gasteiger partial charge in [0.2, 0.25) is 5.91 Å². The van der Waals surface area contributed by atoms with Crippen molar-refractivity contribution in [2.24, 2.45) is 11.8 Å². The fourth-order valence-electron chi connectivity index (χ4n) is 3.47. The van der Waals surface area contributed by atoms with Gasteiger partial charge in [-0.25, -0.2) is 0 Å². The van der Waals surface area contributed by atoms with E-state index in [1.54, 1.807) is 11.3 Å². The fraction of sp³-hybridized carbons (Fsp3) is 0.450. The first-order valence-corrected chi connectivity index (χ1v) is 10.2. The predicted octanol–water partition coefficient (Wildman–Crippen LogP) is 5.05. The minimum Gasteiger partial charge on any atom is -0.344 e. The highest BCUT2D eigenvalue weighted by Gasteiger charge is 2.24. The third kappa shape index (κ3) is 5.71. The Bertz CT molecular complexity index is 670. The van der Waals surface area contributed by atoms with Gasteiger partial charge in [-0.05, 0) is 66.9 Å². The zero-order valence-electron chi connectivity index (χ0n) is 14.9. The molecule has 2 aromatic rings. The standard InChI is InChI=1S/C20H25ClN2OS.ClH/c1-14(16-4-2-10-22-13-16)12-19(24)23-20(18-5-3-11-25-18)15-6-8-17(21)9-7-15;/h3,5-9,11,14,16,20,22H,2,4,10,12-13H2,1H3,(H,23,24);1H. The second kappa shape index (κ2) is 10.3. The highest BCUT2D eigenvalue weighted by molar-refractivity contribution is 7.10. The van der Waals surface area contributed by atoms with Crippen LogP contribution in [0.1, 0.15) is 42.7 Å². The lowest BCUT2D eigenvalue weighted by molar-refractivity contribution is -0.122. The summed E-state index contributed by atoms with van der Waals surface area (Å²) in [6, 6.07) is 11.7. The minimum absolute atomic E-state index is 0. The van der Waals surface area contributed by atoms with Gasteiger partial charge in [-0.2, -0.15) is 0 Å². The quantitative estimate of drug-likeness (QED) is 0.696. The van der Waals surface area contributed by atoms with Crippen LogP contribution in [0.3, 0.4) is 0 Å². The lowest BCUT2D eigenvalue weighted by Gasteiger charge is -2.28. The molecule has 1 aliphatic rings. The number of carbonyl (C=O) groups excluding carboxylic acids is 1. The molecule has 1 fully saturated rings. The van der Waals surface area contributed by atoms with Crippen LogP contribution in [-0.4, -0.2) is 19.0 Å². The molecule has 3 rings (SSSR count). The lowest BCUT2D eigenvalue weighted by atomic mass is 9.85. The molecule has 1 aromatic carbocycles. The van der Waals surface area contributed by atoms with Crippen LogP contribution in [0.4, 0.5) is 0 Å². The maximum atomic E-state index is 12.7. The number of carbonyl (C=O) groups is 1. The number of hydrogen-bond acceptors (Lipinski definition) is 3. The second-order valence-electron chi connectivity index (χ2n) is 6.86. The lowest BCUT2D eigenvalue weighted by Crippen LogP contribution is -2.36. The molecule has 142 valence electrons. The molecule has 0 aliphatic carbocycles. The van der Waals surface area contributed by atoms with Gasteiger partial charge in [0, 0.05) is 16.3 Å². The zero-order valence-corrected chi connectivity index (χ0v) is 17.3. The van der Waals surface area contributed by atoms with Crippen LogP contribution in [0.5, 0.6) is 0 Å². The molecule has 0 radical (unpaired) electrons. The highest BCUT2D eigenvalue weighted by Crippen LogP contribution is 2.28. The Kier molecular flexibility index (Phi) is 8.42. The molecule has 1 amide bonds. The third-order valence-corrected chi connectivity index (χ3v) is 6.17. The molecule has 1 aliphatic heterocycles. The molecule has 2 N–H and O–H groups in total. The highest BCUT2D eigenvalue weighted by atomic mass is 35.5. The molecule has 3 unspecified atom stereocenters. The van der Waals surface area contributed by atoms with E-state index in [1.807, 2.05) is 35.7 Å². The molecule has 0 bridgehead atoms. The van der Waals surface area contributed by atoms with Crippen molar-refractivity contribution >= 4 is 41.3 Å². The number of hydrogen-bond donors (Lipinski definition) is 2. The van der Waals surface area contributed by atoms with Gasteiger partial charge in [-0.1, -0.05) is 36.7 Å². The molecule has 26 heavy (non-hydrogen) atoms. The Morgan fingerprint density at radius 1 is 1.35 bits per heavy atom. The van der Waals surface area contributed by atoms with Crippen molar-refractivity contribution in [3.63, 3.8) is 0 Å². The van der Waals surface area contributed by atoms with E-state index in [1.165, 1.54) is 12.8 Å². The average molecular weight is 413 g/mol. The first kappa shape index (κ1) is 21.2. The summed E-state index contributed by atoms with van der Waals surface area (Å²) in [6.45, 7) is 4.33. The number of rotatable bonds is 6. The van der Waals surface area contributed by atoms with E-state index < -0.39 is 0 Å². The number of halogens is 2. The van der Waals surface area contributed by atoms with E-state index in [4.69, 9.17) is 11.6 Å². The van der Waals surface area contributed by atoms with Crippen molar-refractivity contribution in [1.82, 2.24) is 10.6 Å². The van der Waals surface area contributed by atoms with Gasteiger partial charge in [-0.15, -0.1) is 23.7 Å². The first-order chi connectivity index (χ1) is 12.1. The summed E-state index contributed by atoms with van der Waals surface area (Å²) in [6.07, 6.45) is 2.99. The van der Waals surface area contributed by atoms with Crippen LogP contribution < -0.4 is 10.6 Å². The molecule has 1 saturated heterocycles. The molecular formula is C20H26Cl2N2OS. The van der Waals surface area contributed by atoms with Crippen LogP contribution in [-0.2, 0) is 4.79 Å². The Balaban J connectivity index is 0.00000243. The number of nitrogens with one attached hydrogen (secondary N) is 2. The monoisotopic (exact) mass is 412 g/mol. The fourth-order valence-corrected chi connectivity index (χ4v) is 4.40. The smallest absolute Gasteiger partial charge is 0.221 e. The number of piperidine rings is 1. The number of thiophene rings is 1. The molecule has 0 spiro atoms. The third-order valence-electron chi connectivity index (χ3n) is 4.98. The van der Waals surface area contributed by atoms with Crippen LogP contribution in [0, 0.1) is 11.8 Å². The van der Waals surface area contributed by atoms with Gasteiger partial charge in [0.15, 0.2) is 0 Å². The Morgan fingerprint density at radius 3 is 2.73 bits per heavy atom. The summed E-state index contributed by atoms with van der Waals surface area (Å²) in [7, 11) is 0. The SMILES string of the molecule is CC(CC(=O)NC(c1ccc(Cl)cc1)c1cccs1)C1CCCNC1.Cl. The molecule has 0 saturated carbocycles. The Morgan fingerprint density at radius 2 is 2.12 bits per heavy atom. The summed E-state index contributed by atoms with van der Waals surface area (Å²) in [5, 5.41) is 9.42. The normalized spacial score (nSPS) is 19.2. The predicted molar refractivity (Wildman–Crippen MR) is 112 cm³/mol. The van der Waals surface area contributed by atoms with E-state index in [2.05, 4.69) is 23.6 Å². The largest absolute Gasteiger partial charge is 0.344 e. The van der Waals surface area contributed by atoms with Crippen molar-refractivity contribution in [2.45, 2.75) is 32.2 Å². The molecule has 2 heterocycles. The van der Waals surface area contributed by atoms with Gasteiger partial charge in [0.1, 0.15) is 0 Å². The topological polar surface area (TPSA) is 41.1 Å². The first-order valence-electron chi connectivity index (χ1n) is 8.92. The van der Waals surface area contributed by atoms with Crippen molar-refractivity contribution < 1.29 is 4.79 Å². The van der Waals surface area contributed by atoms with Crippen molar-refractivity contribution in [3.8, 4) is 0 Å². The van der Waals surface area contributed by atoms with Gasteiger partial charge < -0.3 is 10.6 Å². The van der Waals surface area contributed by atoms with E-state index in [0.29, 0.717) is 23.3 Å². The van der Waals surface area contributed by atoms with Gasteiger partial charge >= 0.3 is 0 Å². The summed E-state index contributed by atoms with van der Waals surface area (Å²) in [4.78, 5) is 13.8. The number of amides is 1. The zero-order chi connectivity index (χ0) is 17.6. The van der Waals surface area contributed by atoms with Crippen molar-refractivity contribution in [2.75, 3.05) is 13.1 Å². The Hall–Kier alpha value is -1.07. The van der Waals surface area contributed by atoms with E-state index >= 15 is 0 Å². The maximum absolute atomic E-state index is 12.7. The van der Waals surface area contributed by atoms with E-state index in [-0.39, 0.29) is 24.4 Å². The van der Waals surface area contributed by atoms with Gasteiger partial charge in [0.25, 0.3) is 0 Å².